The van der Waals surface area contributed by atoms with Gasteiger partial charge in [-0.05, 0) is 27.5 Å². The van der Waals surface area contributed by atoms with Gasteiger partial charge in [0, 0.05) is 13.0 Å². The van der Waals surface area contributed by atoms with Gasteiger partial charge < -0.3 is 9.16 Å². The molecule has 200 valence electrons. The highest BCUT2D eigenvalue weighted by atomic mass is 127. The number of carbonyl (C=O) groups is 1. The summed E-state index contributed by atoms with van der Waals surface area (Å²) in [5.41, 5.74) is 0.541. The quantitative estimate of drug-likeness (QED) is 0.0832. The van der Waals surface area contributed by atoms with Gasteiger partial charge in [-0.3, -0.25) is 0 Å². The van der Waals surface area contributed by atoms with Crippen LogP contribution < -0.4 is 10.4 Å². The van der Waals surface area contributed by atoms with E-state index in [-0.39, 0.29) is 11.0 Å². The number of esters is 1. The average Bonchev–Trinajstić information content (AvgIpc) is 2.89. The van der Waals surface area contributed by atoms with Crippen LogP contribution in [-0.4, -0.2) is 38.6 Å². The predicted octanol–water partition coefficient (Wildman–Crippen LogP) is 6.86. The van der Waals surface area contributed by atoms with Gasteiger partial charge in [-0.25, -0.2) is 4.79 Å². The molecule has 0 aliphatic rings. The summed E-state index contributed by atoms with van der Waals surface area (Å²) in [7, 11) is -4.87. The maximum absolute atomic E-state index is 13.3. The van der Waals surface area contributed by atoms with Crippen molar-refractivity contribution in [3.63, 3.8) is 0 Å². The second-order valence-corrected chi connectivity index (χ2v) is 21.9. The molecule has 0 N–H and O–H groups in total. The van der Waals surface area contributed by atoms with E-state index in [1.807, 2.05) is 18.2 Å². The highest BCUT2D eigenvalue weighted by Gasteiger charge is 2.52. The smallest absolute Gasteiger partial charge is 0.339 e. The number of ether oxygens (including phenoxy) is 1. The monoisotopic (exact) mass is 654 g/mol. The summed E-state index contributed by atoms with van der Waals surface area (Å²) >= 11 is 2.25. The largest absolute Gasteiger partial charge is 0.447 e. The third-order valence-corrected chi connectivity index (χ3v) is 15.4. The molecule has 3 aromatic carbocycles. The first-order chi connectivity index (χ1) is 18.0. The number of hydrogen-bond acceptors (Lipinski definition) is 3. The maximum Gasteiger partial charge on any atom is 0.339 e. The second kappa shape index (κ2) is 12.8. The molecule has 1 atom stereocenters. The predicted molar refractivity (Wildman–Crippen MR) is 173 cm³/mol. The van der Waals surface area contributed by atoms with E-state index in [2.05, 4.69) is 136 Å². The van der Waals surface area contributed by atoms with Crippen LogP contribution in [-0.2, 0) is 9.16 Å². The number of carbonyl (C=O) groups excluding carboxylic acids is 1. The molecule has 0 radical (unpaired) electrons. The minimum atomic E-state index is -2.72. The molecular weight excluding hydrogens is 615 g/mol. The number of alkyl halides is 1. The van der Waals surface area contributed by atoms with Crippen LogP contribution in [0.5, 0.6) is 0 Å². The molecule has 3 aromatic rings. The van der Waals surface area contributed by atoms with Gasteiger partial charge in [-0.1, -0.05) is 154 Å². The van der Waals surface area contributed by atoms with Crippen LogP contribution in [0.2, 0.25) is 24.7 Å². The molecule has 0 heterocycles. The Hall–Kier alpha value is -2.19. The van der Waals surface area contributed by atoms with Crippen LogP contribution in [0.15, 0.2) is 91.0 Å². The fourth-order valence-electron chi connectivity index (χ4n) is 4.93. The molecule has 0 bridgehead atoms. The number of rotatable bonds is 9. The zero-order valence-electron chi connectivity index (χ0n) is 23.4. The molecule has 0 saturated carbocycles. The fourth-order valence-corrected chi connectivity index (χ4v) is 11.4. The number of halogens is 1. The van der Waals surface area contributed by atoms with Gasteiger partial charge in [-0.15, -0.1) is 0 Å². The molecule has 6 heteroatoms. The minimum Gasteiger partial charge on any atom is -0.447 e. The van der Waals surface area contributed by atoms with Gasteiger partial charge in [0.25, 0.3) is 8.32 Å². The molecule has 0 amide bonds. The first kappa shape index (κ1) is 30.4. The average molecular weight is 655 g/mol. The van der Waals surface area contributed by atoms with E-state index < -0.39 is 21.6 Å². The molecule has 38 heavy (non-hydrogen) atoms. The van der Waals surface area contributed by atoms with Crippen LogP contribution in [0.25, 0.3) is 0 Å². The summed E-state index contributed by atoms with van der Waals surface area (Å²) < 4.78 is 14.2. The molecule has 3 nitrogen and oxygen atoms in total. The molecule has 0 aliphatic heterocycles. The van der Waals surface area contributed by atoms with E-state index in [1.54, 1.807) is 12.1 Å². The summed E-state index contributed by atoms with van der Waals surface area (Å²) in [6.07, 6.45) is 0.523. The van der Waals surface area contributed by atoms with Crippen molar-refractivity contribution < 1.29 is 14.0 Å². The second-order valence-electron chi connectivity index (χ2n) is 11.5. The van der Waals surface area contributed by atoms with E-state index in [1.165, 1.54) is 10.4 Å². The van der Waals surface area contributed by atoms with Crippen LogP contribution in [0, 0.1) is 11.8 Å². The molecule has 0 fully saturated rings. The molecule has 1 unspecified atom stereocenters. The fraction of sp³-hybridized carbons (Fsp3) is 0.344. The van der Waals surface area contributed by atoms with E-state index >= 15 is 0 Å². The Balaban J connectivity index is 2.05. The van der Waals surface area contributed by atoms with Crippen molar-refractivity contribution in [2.45, 2.75) is 57.1 Å². The lowest BCUT2D eigenvalue weighted by atomic mass is 10.2. The Labute approximate surface area is 244 Å². The van der Waals surface area contributed by atoms with E-state index in [4.69, 9.17) is 9.16 Å². The Morgan fingerprint density at radius 1 is 0.816 bits per heavy atom. The van der Waals surface area contributed by atoms with E-state index in [0.717, 1.165) is 0 Å². The van der Waals surface area contributed by atoms with Gasteiger partial charge in [0.1, 0.15) is 8.07 Å². The van der Waals surface area contributed by atoms with E-state index in [0.29, 0.717) is 23.0 Å². The Morgan fingerprint density at radius 3 is 1.71 bits per heavy atom. The van der Waals surface area contributed by atoms with Crippen molar-refractivity contribution in [3.8, 4) is 11.8 Å². The maximum atomic E-state index is 13.3. The Bertz CT molecular complexity index is 1200. The molecule has 3 rings (SSSR count). The standard InChI is InChI=1S/C32H39IO3Si2/c1-31(2,3)38(28-19-12-8-13-20-28,29-21-14-9-15-22-29)35-26-24-32(23-16-25-33,37(4,5)6)36-30(34)27-17-10-7-11-18-27/h7-15,17-22H,24-26H2,1-6H3. The van der Waals surface area contributed by atoms with E-state index in [9.17, 15) is 4.79 Å². The molecular formula is C32H39IO3Si2. The topological polar surface area (TPSA) is 35.5 Å². The third-order valence-electron chi connectivity index (χ3n) is 7.03. The summed E-state index contributed by atoms with van der Waals surface area (Å²) in [4.78, 5) is 13.3. The summed E-state index contributed by atoms with van der Waals surface area (Å²) in [5, 5.41) is 1.46. The Morgan fingerprint density at radius 2 is 1.29 bits per heavy atom. The SMILES string of the molecule is CC(C)(C)[Si](OCCC(C#CCI)(OC(=O)c1ccccc1)[Si](C)(C)C)(c1ccccc1)c1ccccc1. The number of benzene rings is 3. The van der Waals surface area contributed by atoms with Gasteiger partial charge in [0.15, 0.2) is 5.22 Å². The van der Waals surface area contributed by atoms with Gasteiger partial charge in [0.05, 0.1) is 9.99 Å². The van der Waals surface area contributed by atoms with Crippen molar-refractivity contribution >= 4 is 55.3 Å². The number of hydrogen-bond donors (Lipinski definition) is 0. The summed E-state index contributed by atoms with van der Waals surface area (Å²) in [6.45, 7) is 13.9. The normalized spacial score (nSPS) is 13.7. The van der Waals surface area contributed by atoms with Crippen molar-refractivity contribution in [3.05, 3.63) is 96.6 Å². The summed E-state index contributed by atoms with van der Waals surface area (Å²) in [6, 6.07) is 30.5. The third kappa shape index (κ3) is 6.68. The van der Waals surface area contributed by atoms with Crippen molar-refractivity contribution in [1.82, 2.24) is 0 Å². The summed E-state index contributed by atoms with van der Waals surface area (Å²) in [5.74, 6) is 6.34. The van der Waals surface area contributed by atoms with Crippen LogP contribution >= 0.6 is 22.6 Å². The van der Waals surface area contributed by atoms with Crippen LogP contribution in [0.4, 0.5) is 0 Å². The highest BCUT2D eigenvalue weighted by Crippen LogP contribution is 2.38. The molecule has 0 aliphatic carbocycles. The van der Waals surface area contributed by atoms with Crippen molar-refractivity contribution in [2.75, 3.05) is 11.0 Å². The zero-order valence-corrected chi connectivity index (χ0v) is 27.5. The zero-order chi connectivity index (χ0) is 27.9. The van der Waals surface area contributed by atoms with Crippen molar-refractivity contribution in [2.24, 2.45) is 0 Å². The minimum absolute atomic E-state index is 0.133. The van der Waals surface area contributed by atoms with Gasteiger partial charge in [0.2, 0.25) is 0 Å². The molecule has 0 spiro atoms. The first-order valence-electron chi connectivity index (χ1n) is 13.1. The van der Waals surface area contributed by atoms with Crippen LogP contribution in [0.1, 0.15) is 37.6 Å². The lowest BCUT2D eigenvalue weighted by molar-refractivity contribution is 0.0238. The van der Waals surface area contributed by atoms with Crippen molar-refractivity contribution in [1.29, 1.82) is 0 Å². The van der Waals surface area contributed by atoms with Gasteiger partial charge >= 0.3 is 5.97 Å². The molecule has 0 saturated heterocycles. The highest BCUT2D eigenvalue weighted by molar-refractivity contribution is 14.1. The van der Waals surface area contributed by atoms with Gasteiger partial charge in [-0.2, -0.15) is 0 Å². The first-order valence-corrected chi connectivity index (χ1v) is 20.0. The lowest BCUT2D eigenvalue weighted by Gasteiger charge is -2.44. The Kier molecular flexibility index (Phi) is 10.2. The lowest BCUT2D eigenvalue weighted by Crippen LogP contribution is -2.67. The molecule has 0 aromatic heterocycles. The van der Waals surface area contributed by atoms with Crippen LogP contribution in [0.3, 0.4) is 0 Å².